The first-order chi connectivity index (χ1) is 14.1. The molecule has 2 aromatic rings. The first kappa shape index (κ1) is 22.2. The van der Waals surface area contributed by atoms with E-state index in [0.717, 1.165) is 31.8 Å². The fraction of sp³-hybridized carbons (Fsp3) is 0.524. The van der Waals surface area contributed by atoms with Crippen LogP contribution in [-0.2, 0) is 11.8 Å². The van der Waals surface area contributed by atoms with E-state index < -0.39 is 0 Å². The molecule has 0 bridgehead atoms. The molecular weight excluding hydrogens is 404 g/mol. The summed E-state index contributed by atoms with van der Waals surface area (Å²) in [5.74, 6) is 1.54. The molecule has 9 heteroatoms. The van der Waals surface area contributed by atoms with Gasteiger partial charge in [0.15, 0.2) is 5.82 Å². The normalized spacial score (nSPS) is 18.0. The Morgan fingerprint density at radius 3 is 2.40 bits per heavy atom. The monoisotopic (exact) mass is 432 g/mol. The van der Waals surface area contributed by atoms with Gasteiger partial charge >= 0.3 is 0 Å². The summed E-state index contributed by atoms with van der Waals surface area (Å²) in [5.41, 5.74) is 0.694. The van der Waals surface area contributed by atoms with E-state index in [0.29, 0.717) is 43.4 Å². The van der Waals surface area contributed by atoms with Gasteiger partial charge in [0, 0.05) is 37.5 Å². The SMILES string of the molecule is Cl.Cn1nc(C2CCNCC2)nc1NC(=O)C1CCN(C(=O)c2ccccc2)CC1. The lowest BCUT2D eigenvalue weighted by atomic mass is 9.95. The van der Waals surface area contributed by atoms with Crippen LogP contribution in [0.4, 0.5) is 5.95 Å². The van der Waals surface area contributed by atoms with Crippen LogP contribution < -0.4 is 10.6 Å². The second kappa shape index (κ2) is 10.0. The summed E-state index contributed by atoms with van der Waals surface area (Å²) in [5, 5.41) is 10.8. The molecule has 2 fully saturated rings. The van der Waals surface area contributed by atoms with Gasteiger partial charge in [-0.2, -0.15) is 10.1 Å². The summed E-state index contributed by atoms with van der Waals surface area (Å²) in [4.78, 5) is 31.7. The van der Waals surface area contributed by atoms with Crippen molar-refractivity contribution in [1.29, 1.82) is 0 Å². The van der Waals surface area contributed by atoms with Crippen LogP contribution in [-0.4, -0.2) is 57.7 Å². The second-order valence-corrected chi connectivity index (χ2v) is 7.86. The third kappa shape index (κ3) is 4.99. The van der Waals surface area contributed by atoms with Crippen molar-refractivity contribution in [2.45, 2.75) is 31.6 Å². The third-order valence-electron chi connectivity index (χ3n) is 5.89. The lowest BCUT2D eigenvalue weighted by molar-refractivity contribution is -0.121. The van der Waals surface area contributed by atoms with Gasteiger partial charge < -0.3 is 10.2 Å². The van der Waals surface area contributed by atoms with Crippen molar-refractivity contribution in [3.8, 4) is 0 Å². The van der Waals surface area contributed by atoms with Crippen LogP contribution in [0.2, 0.25) is 0 Å². The number of amides is 2. The first-order valence-electron chi connectivity index (χ1n) is 10.4. The van der Waals surface area contributed by atoms with E-state index in [1.165, 1.54) is 0 Å². The predicted molar refractivity (Wildman–Crippen MR) is 117 cm³/mol. The Bertz CT molecular complexity index is 858. The average molecular weight is 433 g/mol. The van der Waals surface area contributed by atoms with Crippen LogP contribution >= 0.6 is 12.4 Å². The fourth-order valence-electron chi connectivity index (χ4n) is 4.09. The average Bonchev–Trinajstić information content (AvgIpc) is 3.14. The molecule has 0 radical (unpaired) electrons. The van der Waals surface area contributed by atoms with Gasteiger partial charge in [0.05, 0.1) is 0 Å². The summed E-state index contributed by atoms with van der Waals surface area (Å²) in [7, 11) is 1.81. The zero-order valence-corrected chi connectivity index (χ0v) is 18.0. The highest BCUT2D eigenvalue weighted by Gasteiger charge is 2.29. The van der Waals surface area contributed by atoms with Gasteiger partial charge in [0.2, 0.25) is 11.9 Å². The molecule has 1 aromatic carbocycles. The number of nitrogens with one attached hydrogen (secondary N) is 2. The summed E-state index contributed by atoms with van der Waals surface area (Å²) in [6.45, 7) is 3.13. The van der Waals surface area contributed by atoms with Gasteiger partial charge in [-0.3, -0.25) is 14.9 Å². The van der Waals surface area contributed by atoms with Crippen molar-refractivity contribution >= 4 is 30.2 Å². The lowest BCUT2D eigenvalue weighted by Gasteiger charge is -2.31. The molecule has 30 heavy (non-hydrogen) atoms. The number of benzene rings is 1. The van der Waals surface area contributed by atoms with Crippen molar-refractivity contribution in [3.05, 3.63) is 41.7 Å². The number of anilines is 1. The maximum Gasteiger partial charge on any atom is 0.253 e. The second-order valence-electron chi connectivity index (χ2n) is 7.86. The van der Waals surface area contributed by atoms with Gasteiger partial charge in [0.25, 0.3) is 5.91 Å². The molecule has 2 aliphatic heterocycles. The topological polar surface area (TPSA) is 92.2 Å². The number of nitrogens with zero attached hydrogens (tertiary/aromatic N) is 4. The standard InChI is InChI=1S/C21H28N6O2.ClH/c1-26-21(23-18(25-26)15-7-11-22-12-8-15)24-19(28)16-9-13-27(14-10-16)20(29)17-5-3-2-4-6-17;/h2-6,15-16,22H,7-14H2,1H3,(H,23,24,25,28);1H. The molecule has 2 amide bonds. The molecule has 2 saturated heterocycles. The molecular formula is C21H29ClN6O2. The zero-order chi connectivity index (χ0) is 20.2. The number of aryl methyl sites for hydroxylation is 1. The third-order valence-corrected chi connectivity index (χ3v) is 5.89. The predicted octanol–water partition coefficient (Wildman–Crippen LogP) is 2.19. The number of rotatable bonds is 4. The molecule has 162 valence electrons. The van der Waals surface area contributed by atoms with E-state index in [9.17, 15) is 9.59 Å². The highest BCUT2D eigenvalue weighted by molar-refractivity contribution is 5.95. The van der Waals surface area contributed by atoms with Crippen LogP contribution in [0.25, 0.3) is 0 Å². The molecule has 0 atom stereocenters. The first-order valence-corrected chi connectivity index (χ1v) is 10.4. The van der Waals surface area contributed by atoms with Crippen molar-refractivity contribution in [1.82, 2.24) is 25.0 Å². The smallest absolute Gasteiger partial charge is 0.253 e. The minimum absolute atomic E-state index is 0. The number of hydrogen-bond acceptors (Lipinski definition) is 5. The molecule has 1 aromatic heterocycles. The van der Waals surface area contributed by atoms with Crippen LogP contribution in [0.1, 0.15) is 47.8 Å². The minimum Gasteiger partial charge on any atom is -0.339 e. The maximum absolute atomic E-state index is 12.7. The van der Waals surface area contributed by atoms with Crippen LogP contribution in [0.5, 0.6) is 0 Å². The van der Waals surface area contributed by atoms with Crippen molar-refractivity contribution < 1.29 is 9.59 Å². The Labute approximate surface area is 182 Å². The van der Waals surface area contributed by atoms with E-state index in [4.69, 9.17) is 0 Å². The minimum atomic E-state index is -0.117. The summed E-state index contributed by atoms with van der Waals surface area (Å²) < 4.78 is 1.66. The summed E-state index contributed by atoms with van der Waals surface area (Å²) >= 11 is 0. The van der Waals surface area contributed by atoms with Crippen LogP contribution in [0.15, 0.2) is 30.3 Å². The molecule has 0 spiro atoms. The van der Waals surface area contributed by atoms with E-state index in [-0.39, 0.29) is 30.1 Å². The lowest BCUT2D eigenvalue weighted by Crippen LogP contribution is -2.41. The van der Waals surface area contributed by atoms with Gasteiger partial charge in [0.1, 0.15) is 0 Å². The molecule has 4 rings (SSSR count). The van der Waals surface area contributed by atoms with Crippen molar-refractivity contribution in [3.63, 3.8) is 0 Å². The number of hydrogen-bond donors (Lipinski definition) is 2. The molecule has 0 saturated carbocycles. The Kier molecular flexibility index (Phi) is 7.44. The molecule has 2 aliphatic rings. The van der Waals surface area contributed by atoms with E-state index in [1.54, 1.807) is 4.68 Å². The largest absolute Gasteiger partial charge is 0.339 e. The molecule has 3 heterocycles. The molecule has 0 unspecified atom stereocenters. The Morgan fingerprint density at radius 1 is 1.07 bits per heavy atom. The molecule has 0 aliphatic carbocycles. The number of likely N-dealkylation sites (tertiary alicyclic amines) is 1. The van der Waals surface area contributed by atoms with E-state index >= 15 is 0 Å². The van der Waals surface area contributed by atoms with Gasteiger partial charge in [-0.05, 0) is 50.9 Å². The Balaban J connectivity index is 0.00000256. The van der Waals surface area contributed by atoms with Gasteiger partial charge in [-0.25, -0.2) is 4.68 Å². The number of piperidine rings is 2. The number of halogens is 1. The molecule has 8 nitrogen and oxygen atoms in total. The Hall–Kier alpha value is -2.45. The van der Waals surface area contributed by atoms with Gasteiger partial charge in [-0.1, -0.05) is 18.2 Å². The highest BCUT2D eigenvalue weighted by atomic mass is 35.5. The van der Waals surface area contributed by atoms with Crippen LogP contribution in [0, 0.1) is 5.92 Å². The summed E-state index contributed by atoms with van der Waals surface area (Å²) in [6, 6.07) is 9.29. The Morgan fingerprint density at radius 2 is 1.73 bits per heavy atom. The van der Waals surface area contributed by atoms with Crippen LogP contribution in [0.3, 0.4) is 0 Å². The highest BCUT2D eigenvalue weighted by Crippen LogP contribution is 2.24. The molecule has 2 N–H and O–H groups in total. The quantitative estimate of drug-likeness (QED) is 0.772. The van der Waals surface area contributed by atoms with E-state index in [1.807, 2.05) is 42.3 Å². The maximum atomic E-state index is 12.7. The fourth-order valence-corrected chi connectivity index (χ4v) is 4.09. The van der Waals surface area contributed by atoms with Crippen molar-refractivity contribution in [2.75, 3.05) is 31.5 Å². The number of carbonyl (C=O) groups excluding carboxylic acids is 2. The zero-order valence-electron chi connectivity index (χ0n) is 17.2. The number of carbonyl (C=O) groups is 2. The number of aromatic nitrogens is 3. The summed E-state index contributed by atoms with van der Waals surface area (Å²) in [6.07, 6.45) is 3.35. The van der Waals surface area contributed by atoms with Crippen molar-refractivity contribution in [2.24, 2.45) is 13.0 Å². The van der Waals surface area contributed by atoms with E-state index in [2.05, 4.69) is 20.7 Å². The van der Waals surface area contributed by atoms with Gasteiger partial charge in [-0.15, -0.1) is 12.4 Å².